The highest BCUT2D eigenvalue weighted by atomic mass is 14.5. The van der Waals surface area contributed by atoms with Gasteiger partial charge in [-0.3, -0.25) is 0 Å². The van der Waals surface area contributed by atoms with Crippen molar-refractivity contribution >= 4 is 0 Å². The molecule has 0 rings (SSSR count). The highest BCUT2D eigenvalue weighted by Crippen LogP contribution is 2.03. The zero-order valence-electron chi connectivity index (χ0n) is 5.20. The molecule has 0 aromatic rings. The van der Waals surface area contributed by atoms with E-state index in [4.69, 9.17) is 5.73 Å². The zero-order valence-corrected chi connectivity index (χ0v) is 5.20. The summed E-state index contributed by atoms with van der Waals surface area (Å²) in [5, 5.41) is 0. The third kappa shape index (κ3) is 5.96. The molecule has 1 nitrogen and oxygen atoms in total. The molecule has 0 aromatic carbocycles. The maximum Gasteiger partial charge on any atom is -0.00771 e. The van der Waals surface area contributed by atoms with Crippen LogP contribution < -0.4 is 5.73 Å². The first-order chi connectivity index (χ1) is 3.27. The number of nitrogens with two attached hydrogens (primary N) is 1. The summed E-state index contributed by atoms with van der Waals surface area (Å²) in [5.41, 5.74) is 5.26. The van der Waals surface area contributed by atoms with Crippen molar-refractivity contribution in [2.24, 2.45) is 5.73 Å². The minimum Gasteiger partial charge on any atom is -0.330 e. The molecule has 0 aliphatic rings. The van der Waals surface area contributed by atoms with E-state index in [9.17, 15) is 0 Å². The van der Waals surface area contributed by atoms with Gasteiger partial charge in [-0.05, 0) is 25.3 Å². The van der Waals surface area contributed by atoms with E-state index >= 15 is 0 Å². The standard InChI is InChI=1S/C6H14N/c1-6(2)4-3-5-7/h3-5,7H2,1-2H3. The van der Waals surface area contributed by atoms with Gasteiger partial charge in [-0.2, -0.15) is 0 Å². The fourth-order valence-corrected chi connectivity index (χ4v) is 0.456. The fourth-order valence-electron chi connectivity index (χ4n) is 0.456. The van der Waals surface area contributed by atoms with E-state index < -0.39 is 0 Å². The lowest BCUT2D eigenvalue weighted by Gasteiger charge is -1.98. The minimum absolute atomic E-state index is 0.825. The normalized spacial score (nSPS) is 10.3. The summed E-state index contributed by atoms with van der Waals surface area (Å²) in [7, 11) is 0. The molecule has 2 N–H and O–H groups in total. The van der Waals surface area contributed by atoms with Crippen LogP contribution in [0.2, 0.25) is 0 Å². The topological polar surface area (TPSA) is 26.0 Å². The minimum atomic E-state index is 0.825. The molecule has 0 aliphatic carbocycles. The van der Waals surface area contributed by atoms with Gasteiger partial charge in [0.05, 0.1) is 0 Å². The van der Waals surface area contributed by atoms with E-state index in [1.54, 1.807) is 0 Å². The van der Waals surface area contributed by atoms with Crippen LogP contribution in [-0.2, 0) is 0 Å². The molecular formula is C6H14N. The highest BCUT2D eigenvalue weighted by Gasteiger charge is 1.89. The Hall–Kier alpha value is -0.0400. The summed E-state index contributed by atoms with van der Waals surface area (Å²) in [6.45, 7) is 5.09. The molecule has 0 aromatic heterocycles. The van der Waals surface area contributed by atoms with Crippen LogP contribution in [0.5, 0.6) is 0 Å². The molecule has 1 radical (unpaired) electrons. The van der Waals surface area contributed by atoms with Crippen LogP contribution in [-0.4, -0.2) is 6.54 Å². The molecule has 0 heterocycles. The molecule has 0 unspecified atom stereocenters. The molecular weight excluding hydrogens is 86.1 g/mol. The van der Waals surface area contributed by atoms with E-state index in [1.807, 2.05) is 0 Å². The second-order valence-electron chi connectivity index (χ2n) is 2.10. The Labute approximate surface area is 45.9 Å². The molecule has 0 bridgehead atoms. The molecule has 0 saturated carbocycles. The predicted octanol–water partition coefficient (Wildman–Crippen LogP) is 1.34. The molecule has 0 saturated heterocycles. The van der Waals surface area contributed by atoms with Crippen LogP contribution in [0.15, 0.2) is 0 Å². The molecule has 1 heteroatoms. The first-order valence-corrected chi connectivity index (χ1v) is 2.76. The molecule has 0 spiro atoms. The third-order valence-corrected chi connectivity index (χ3v) is 0.881. The van der Waals surface area contributed by atoms with Crippen LogP contribution in [0.1, 0.15) is 26.7 Å². The van der Waals surface area contributed by atoms with Crippen molar-refractivity contribution < 1.29 is 0 Å². The van der Waals surface area contributed by atoms with Gasteiger partial charge >= 0.3 is 0 Å². The van der Waals surface area contributed by atoms with Crippen molar-refractivity contribution in [3.05, 3.63) is 5.92 Å². The molecule has 7 heavy (non-hydrogen) atoms. The number of rotatable bonds is 3. The Morgan fingerprint density at radius 3 is 2.14 bits per heavy atom. The lowest BCUT2D eigenvalue weighted by Crippen LogP contribution is -1.99. The van der Waals surface area contributed by atoms with Gasteiger partial charge in [0.25, 0.3) is 0 Å². The Morgan fingerprint density at radius 1 is 1.43 bits per heavy atom. The molecule has 43 valence electrons. The second-order valence-corrected chi connectivity index (χ2v) is 2.10. The SMILES string of the molecule is C[C](C)CCCN. The van der Waals surface area contributed by atoms with E-state index in [2.05, 4.69) is 13.8 Å². The van der Waals surface area contributed by atoms with E-state index in [0.29, 0.717) is 0 Å². The van der Waals surface area contributed by atoms with Crippen LogP contribution in [0.3, 0.4) is 0 Å². The Balaban J connectivity index is 2.68. The van der Waals surface area contributed by atoms with Gasteiger partial charge in [0.1, 0.15) is 0 Å². The van der Waals surface area contributed by atoms with Gasteiger partial charge in [-0.15, -0.1) is 0 Å². The van der Waals surface area contributed by atoms with E-state index in [0.717, 1.165) is 13.0 Å². The summed E-state index contributed by atoms with van der Waals surface area (Å²) in [5.74, 6) is 1.48. The molecule has 0 aliphatic heterocycles. The first-order valence-electron chi connectivity index (χ1n) is 2.76. The summed E-state index contributed by atoms with van der Waals surface area (Å²) in [6, 6.07) is 0. The van der Waals surface area contributed by atoms with Crippen LogP contribution in [0, 0.1) is 5.92 Å². The van der Waals surface area contributed by atoms with Crippen LogP contribution >= 0.6 is 0 Å². The Bertz CT molecular complexity index is 33.2. The van der Waals surface area contributed by atoms with E-state index in [-0.39, 0.29) is 0 Å². The van der Waals surface area contributed by atoms with Crippen molar-refractivity contribution in [2.45, 2.75) is 26.7 Å². The van der Waals surface area contributed by atoms with Gasteiger partial charge in [0, 0.05) is 0 Å². The van der Waals surface area contributed by atoms with E-state index in [1.165, 1.54) is 12.3 Å². The summed E-state index contributed by atoms with van der Waals surface area (Å²) >= 11 is 0. The molecule has 0 fully saturated rings. The maximum atomic E-state index is 5.26. The van der Waals surface area contributed by atoms with Crippen molar-refractivity contribution in [2.75, 3.05) is 6.54 Å². The Morgan fingerprint density at radius 2 is 2.00 bits per heavy atom. The monoisotopic (exact) mass is 100 g/mol. The van der Waals surface area contributed by atoms with Crippen LogP contribution in [0.4, 0.5) is 0 Å². The summed E-state index contributed by atoms with van der Waals surface area (Å²) in [6.07, 6.45) is 2.33. The van der Waals surface area contributed by atoms with Gasteiger partial charge in [0.2, 0.25) is 0 Å². The first kappa shape index (κ1) is 6.96. The average Bonchev–Trinajstić information content (AvgIpc) is 1.61. The highest BCUT2D eigenvalue weighted by molar-refractivity contribution is 4.75. The zero-order chi connectivity index (χ0) is 5.70. The van der Waals surface area contributed by atoms with Crippen molar-refractivity contribution in [3.63, 3.8) is 0 Å². The molecule has 0 amide bonds. The average molecular weight is 100 g/mol. The van der Waals surface area contributed by atoms with Gasteiger partial charge < -0.3 is 5.73 Å². The third-order valence-electron chi connectivity index (χ3n) is 0.881. The smallest absolute Gasteiger partial charge is 0.00771 e. The summed E-state index contributed by atoms with van der Waals surface area (Å²) < 4.78 is 0. The molecule has 0 atom stereocenters. The number of hydrogen-bond acceptors (Lipinski definition) is 1. The van der Waals surface area contributed by atoms with Crippen molar-refractivity contribution in [1.82, 2.24) is 0 Å². The van der Waals surface area contributed by atoms with Gasteiger partial charge in [-0.1, -0.05) is 13.8 Å². The maximum absolute atomic E-state index is 5.26. The van der Waals surface area contributed by atoms with Crippen LogP contribution in [0.25, 0.3) is 0 Å². The number of hydrogen-bond donors (Lipinski definition) is 1. The largest absolute Gasteiger partial charge is 0.330 e. The van der Waals surface area contributed by atoms with Crippen molar-refractivity contribution in [1.29, 1.82) is 0 Å². The Kier molecular flexibility index (Phi) is 4.10. The van der Waals surface area contributed by atoms with Gasteiger partial charge in [-0.25, -0.2) is 0 Å². The lowest BCUT2D eigenvalue weighted by molar-refractivity contribution is 0.757. The summed E-state index contributed by atoms with van der Waals surface area (Å²) in [4.78, 5) is 0. The second kappa shape index (κ2) is 4.13. The van der Waals surface area contributed by atoms with Crippen molar-refractivity contribution in [3.8, 4) is 0 Å². The fraction of sp³-hybridized carbons (Fsp3) is 0.833. The predicted molar refractivity (Wildman–Crippen MR) is 32.9 cm³/mol. The quantitative estimate of drug-likeness (QED) is 0.569. The van der Waals surface area contributed by atoms with Gasteiger partial charge in [0.15, 0.2) is 0 Å². The lowest BCUT2D eigenvalue weighted by atomic mass is 10.1.